The van der Waals surface area contributed by atoms with E-state index in [-0.39, 0.29) is 6.10 Å². The minimum atomic E-state index is -2.72. The molecule has 0 aliphatic carbocycles. The van der Waals surface area contributed by atoms with Gasteiger partial charge in [-0.1, -0.05) is 42.5 Å². The molecule has 0 bridgehead atoms. The number of nitrogens with zero attached hydrogens (tertiary/aromatic N) is 2. The summed E-state index contributed by atoms with van der Waals surface area (Å²) in [6.07, 6.45) is -2.92. The zero-order valence-electron chi connectivity index (χ0n) is 13.8. The van der Waals surface area contributed by atoms with Gasteiger partial charge in [-0.2, -0.15) is 0 Å². The molecule has 1 heterocycles. The lowest BCUT2D eigenvalue weighted by Crippen LogP contribution is -2.17. The van der Waals surface area contributed by atoms with E-state index in [9.17, 15) is 8.78 Å². The fourth-order valence-corrected chi connectivity index (χ4v) is 2.66. The standard InChI is InChI=1S/C19H19F2N3O/c1-2-25-16(13-8-4-3-5-9-13)12-22-18-14-10-6-7-11-15(14)23-19(24-18)17(20)21/h3-11,16-17H,2,12H2,1H3,(H,22,23,24). The maximum Gasteiger partial charge on any atom is 0.297 e. The van der Waals surface area contributed by atoms with Crippen molar-refractivity contribution in [1.82, 2.24) is 9.97 Å². The summed E-state index contributed by atoms with van der Waals surface area (Å²) >= 11 is 0. The molecule has 0 amide bonds. The van der Waals surface area contributed by atoms with Crippen LogP contribution in [-0.4, -0.2) is 23.1 Å². The summed E-state index contributed by atoms with van der Waals surface area (Å²) in [4.78, 5) is 7.92. The van der Waals surface area contributed by atoms with Gasteiger partial charge in [0.25, 0.3) is 6.43 Å². The van der Waals surface area contributed by atoms with Crippen molar-refractivity contribution in [3.05, 3.63) is 66.0 Å². The average Bonchev–Trinajstić information content (AvgIpc) is 2.65. The van der Waals surface area contributed by atoms with Gasteiger partial charge in [0.05, 0.1) is 11.6 Å². The Bertz CT molecular complexity index is 827. The number of fused-ring (bicyclic) bond motifs is 1. The predicted octanol–water partition coefficient (Wildman–Crippen LogP) is 4.76. The molecule has 25 heavy (non-hydrogen) atoms. The van der Waals surface area contributed by atoms with Crippen molar-refractivity contribution >= 4 is 16.7 Å². The van der Waals surface area contributed by atoms with E-state index >= 15 is 0 Å². The summed E-state index contributed by atoms with van der Waals surface area (Å²) in [5.74, 6) is -0.0876. The van der Waals surface area contributed by atoms with Crippen LogP contribution in [0.5, 0.6) is 0 Å². The molecule has 0 aliphatic rings. The number of anilines is 1. The Hall–Kier alpha value is -2.60. The summed E-state index contributed by atoms with van der Waals surface area (Å²) in [7, 11) is 0. The molecule has 0 fully saturated rings. The van der Waals surface area contributed by atoms with Crippen LogP contribution in [0.1, 0.15) is 30.8 Å². The quantitative estimate of drug-likeness (QED) is 0.672. The summed E-state index contributed by atoms with van der Waals surface area (Å²) in [5.41, 5.74) is 1.51. The summed E-state index contributed by atoms with van der Waals surface area (Å²) in [6, 6.07) is 16.9. The highest BCUT2D eigenvalue weighted by Gasteiger charge is 2.17. The summed E-state index contributed by atoms with van der Waals surface area (Å²) in [5, 5.41) is 3.86. The molecule has 0 radical (unpaired) electrons. The second kappa shape index (κ2) is 7.98. The lowest BCUT2D eigenvalue weighted by Gasteiger charge is -2.19. The molecule has 4 nitrogen and oxygen atoms in total. The smallest absolute Gasteiger partial charge is 0.297 e. The number of aromatic nitrogens is 2. The van der Waals surface area contributed by atoms with Crippen molar-refractivity contribution in [2.45, 2.75) is 19.5 Å². The van der Waals surface area contributed by atoms with E-state index in [4.69, 9.17) is 4.74 Å². The number of ether oxygens (including phenoxy) is 1. The van der Waals surface area contributed by atoms with E-state index in [1.54, 1.807) is 12.1 Å². The van der Waals surface area contributed by atoms with Crippen molar-refractivity contribution in [2.75, 3.05) is 18.5 Å². The van der Waals surface area contributed by atoms with Crippen LogP contribution < -0.4 is 5.32 Å². The summed E-state index contributed by atoms with van der Waals surface area (Å²) < 4.78 is 31.9. The Balaban J connectivity index is 1.88. The fourth-order valence-electron chi connectivity index (χ4n) is 2.66. The van der Waals surface area contributed by atoms with Crippen LogP contribution in [0, 0.1) is 0 Å². The number of para-hydroxylation sites is 1. The van der Waals surface area contributed by atoms with Gasteiger partial charge in [0.2, 0.25) is 0 Å². The van der Waals surface area contributed by atoms with Crippen molar-refractivity contribution in [3.8, 4) is 0 Å². The van der Waals surface area contributed by atoms with E-state index in [1.807, 2.05) is 49.4 Å². The van der Waals surface area contributed by atoms with Crippen LogP contribution >= 0.6 is 0 Å². The second-order valence-electron chi connectivity index (χ2n) is 5.48. The first kappa shape index (κ1) is 17.2. The molecule has 2 aromatic carbocycles. The predicted molar refractivity (Wildman–Crippen MR) is 93.8 cm³/mol. The van der Waals surface area contributed by atoms with Crippen molar-refractivity contribution in [1.29, 1.82) is 0 Å². The van der Waals surface area contributed by atoms with Crippen molar-refractivity contribution < 1.29 is 13.5 Å². The Morgan fingerprint density at radius 3 is 2.44 bits per heavy atom. The zero-order chi connectivity index (χ0) is 17.6. The first-order valence-electron chi connectivity index (χ1n) is 8.14. The third kappa shape index (κ3) is 4.09. The van der Waals surface area contributed by atoms with E-state index < -0.39 is 12.2 Å². The van der Waals surface area contributed by atoms with Crippen LogP contribution in [0.25, 0.3) is 10.9 Å². The van der Waals surface area contributed by atoms with Crippen LogP contribution in [0.2, 0.25) is 0 Å². The third-order valence-electron chi connectivity index (χ3n) is 3.81. The number of hydrogen-bond donors (Lipinski definition) is 1. The van der Waals surface area contributed by atoms with E-state index in [0.29, 0.717) is 29.9 Å². The van der Waals surface area contributed by atoms with Gasteiger partial charge in [0.1, 0.15) is 5.82 Å². The van der Waals surface area contributed by atoms with Gasteiger partial charge in [-0.25, -0.2) is 18.7 Å². The molecule has 0 spiro atoms. The minimum Gasteiger partial charge on any atom is -0.372 e. The lowest BCUT2D eigenvalue weighted by molar-refractivity contribution is 0.0718. The van der Waals surface area contributed by atoms with Gasteiger partial charge in [-0.3, -0.25) is 0 Å². The SMILES string of the molecule is CCOC(CNc1nc(C(F)F)nc2ccccc12)c1ccccc1. The van der Waals surface area contributed by atoms with Gasteiger partial charge in [-0.15, -0.1) is 0 Å². The molecule has 0 saturated carbocycles. The first-order valence-corrected chi connectivity index (χ1v) is 8.14. The minimum absolute atomic E-state index is 0.199. The van der Waals surface area contributed by atoms with Gasteiger partial charge < -0.3 is 10.1 Å². The lowest BCUT2D eigenvalue weighted by atomic mass is 10.1. The first-order chi connectivity index (χ1) is 12.2. The molecule has 0 aliphatic heterocycles. The number of halogens is 2. The van der Waals surface area contributed by atoms with Crippen molar-refractivity contribution in [2.24, 2.45) is 0 Å². The highest BCUT2D eigenvalue weighted by Crippen LogP contribution is 2.25. The number of benzene rings is 2. The topological polar surface area (TPSA) is 47.0 Å². The number of rotatable bonds is 7. The Labute approximate surface area is 144 Å². The van der Waals surface area contributed by atoms with Crippen molar-refractivity contribution in [3.63, 3.8) is 0 Å². The monoisotopic (exact) mass is 343 g/mol. The molecular weight excluding hydrogens is 324 g/mol. The van der Waals surface area contributed by atoms with Crippen LogP contribution in [0.3, 0.4) is 0 Å². The third-order valence-corrected chi connectivity index (χ3v) is 3.81. The van der Waals surface area contributed by atoms with E-state index in [1.165, 1.54) is 0 Å². The number of hydrogen-bond acceptors (Lipinski definition) is 4. The molecule has 1 N–H and O–H groups in total. The molecule has 1 atom stereocenters. The molecule has 1 aromatic heterocycles. The molecule has 6 heteroatoms. The maximum absolute atomic E-state index is 13.1. The molecule has 1 unspecified atom stereocenters. The molecule has 3 rings (SSSR count). The highest BCUT2D eigenvalue weighted by molar-refractivity contribution is 5.89. The average molecular weight is 343 g/mol. The Kier molecular flexibility index (Phi) is 5.50. The largest absolute Gasteiger partial charge is 0.372 e. The summed E-state index contributed by atoms with van der Waals surface area (Å²) in [6.45, 7) is 2.89. The van der Waals surface area contributed by atoms with Gasteiger partial charge in [0.15, 0.2) is 5.82 Å². The molecule has 130 valence electrons. The van der Waals surface area contributed by atoms with Gasteiger partial charge in [-0.05, 0) is 24.6 Å². The maximum atomic E-state index is 13.1. The normalized spacial score (nSPS) is 12.5. The number of nitrogens with one attached hydrogen (secondary N) is 1. The van der Waals surface area contributed by atoms with Gasteiger partial charge in [0, 0.05) is 18.5 Å². The fraction of sp³-hybridized carbons (Fsp3) is 0.263. The zero-order valence-corrected chi connectivity index (χ0v) is 13.8. The number of alkyl halides is 2. The van der Waals surface area contributed by atoms with Crippen LogP contribution in [0.4, 0.5) is 14.6 Å². The second-order valence-corrected chi connectivity index (χ2v) is 5.48. The molecular formula is C19H19F2N3O. The van der Waals surface area contributed by atoms with E-state index in [0.717, 1.165) is 5.56 Å². The van der Waals surface area contributed by atoms with Crippen LogP contribution in [-0.2, 0) is 4.74 Å². The molecule has 3 aromatic rings. The van der Waals surface area contributed by atoms with Gasteiger partial charge >= 0.3 is 0 Å². The Morgan fingerprint density at radius 2 is 1.72 bits per heavy atom. The van der Waals surface area contributed by atoms with E-state index in [2.05, 4.69) is 15.3 Å². The molecule has 0 saturated heterocycles. The Morgan fingerprint density at radius 1 is 1.00 bits per heavy atom. The highest BCUT2D eigenvalue weighted by atomic mass is 19.3. The van der Waals surface area contributed by atoms with Crippen LogP contribution in [0.15, 0.2) is 54.6 Å².